The summed E-state index contributed by atoms with van der Waals surface area (Å²) in [6.45, 7) is 3.73. The summed E-state index contributed by atoms with van der Waals surface area (Å²) in [6.07, 6.45) is 3.72. The maximum absolute atomic E-state index is 12.3. The second kappa shape index (κ2) is 6.11. The molecule has 1 fully saturated rings. The number of amides is 3. The van der Waals surface area contributed by atoms with Crippen molar-refractivity contribution in [1.82, 2.24) is 10.3 Å². The lowest BCUT2D eigenvalue weighted by Gasteiger charge is -2.18. The number of imide groups is 1. The van der Waals surface area contributed by atoms with Crippen molar-refractivity contribution >= 4 is 47.4 Å². The Morgan fingerprint density at radius 2 is 2.17 bits per heavy atom. The molecule has 0 saturated carbocycles. The summed E-state index contributed by atoms with van der Waals surface area (Å²) in [4.78, 5) is 24.2. The quantitative estimate of drug-likeness (QED) is 0.656. The van der Waals surface area contributed by atoms with E-state index in [0.29, 0.717) is 27.8 Å². The molecule has 0 spiro atoms. The van der Waals surface area contributed by atoms with E-state index in [1.807, 2.05) is 6.92 Å². The minimum absolute atomic E-state index is 0.229. The smallest absolute Gasteiger partial charge is 0.346 e. The van der Waals surface area contributed by atoms with Crippen molar-refractivity contribution < 1.29 is 14.3 Å². The normalized spacial score (nSPS) is 23.2. The number of carbonyl (C=O) groups is 2. The Bertz CT molecular complexity index is 791. The number of ether oxygens (including phenoxy) is 1. The van der Waals surface area contributed by atoms with Crippen molar-refractivity contribution in [2.45, 2.75) is 25.8 Å². The van der Waals surface area contributed by atoms with Crippen LogP contribution in [0.25, 0.3) is 6.08 Å². The number of rotatable bonds is 3. The van der Waals surface area contributed by atoms with Crippen molar-refractivity contribution in [2.24, 2.45) is 5.10 Å². The molecule has 1 atom stereocenters. The lowest BCUT2D eigenvalue weighted by molar-refractivity contribution is -0.130. The number of halogens is 2. The molecule has 1 saturated heterocycles. The molecule has 3 rings (SSSR count). The molecule has 24 heavy (non-hydrogen) atoms. The molecular weight excluding hydrogens is 353 g/mol. The third-order valence-corrected chi connectivity index (χ3v) is 4.55. The van der Waals surface area contributed by atoms with Crippen LogP contribution in [0.3, 0.4) is 0 Å². The molecule has 0 aromatic heterocycles. The highest BCUT2D eigenvalue weighted by molar-refractivity contribution is 6.36. The zero-order valence-corrected chi connectivity index (χ0v) is 14.6. The first-order valence-electron chi connectivity index (χ1n) is 7.37. The van der Waals surface area contributed by atoms with Gasteiger partial charge in [0, 0.05) is 16.2 Å². The van der Waals surface area contributed by atoms with Gasteiger partial charge in [0.1, 0.15) is 17.9 Å². The Hall–Kier alpha value is -2.05. The molecule has 2 aliphatic rings. The van der Waals surface area contributed by atoms with Crippen LogP contribution >= 0.6 is 23.2 Å². The van der Waals surface area contributed by atoms with Crippen molar-refractivity contribution in [3.63, 3.8) is 0 Å². The van der Waals surface area contributed by atoms with Crippen LogP contribution in [0, 0.1) is 0 Å². The maximum atomic E-state index is 12.3. The molecule has 8 heteroatoms. The van der Waals surface area contributed by atoms with Gasteiger partial charge in [0.25, 0.3) is 5.91 Å². The fourth-order valence-electron chi connectivity index (χ4n) is 2.46. The fourth-order valence-corrected chi connectivity index (χ4v) is 3.02. The molecule has 0 aliphatic carbocycles. The predicted octanol–water partition coefficient (Wildman–Crippen LogP) is 3.48. The molecule has 0 bridgehead atoms. The summed E-state index contributed by atoms with van der Waals surface area (Å²) in [6, 6.07) is 2.79. The standard InChI is InChI=1S/C16H15Cl2N3O3/c1-3-16(2)14(22)21(15(23)20-16)19-7-9-4-10-5-11(17)6-12(18)13(10)24-8-9/h4-7H,3,8H2,1-2H3,(H,20,23)/t16-/m0/s1. The minimum Gasteiger partial charge on any atom is -0.487 e. The van der Waals surface area contributed by atoms with E-state index < -0.39 is 11.6 Å². The van der Waals surface area contributed by atoms with Crippen molar-refractivity contribution in [3.05, 3.63) is 33.3 Å². The van der Waals surface area contributed by atoms with E-state index in [4.69, 9.17) is 27.9 Å². The van der Waals surface area contributed by atoms with Gasteiger partial charge in [0.2, 0.25) is 0 Å². The molecule has 1 aromatic carbocycles. The van der Waals surface area contributed by atoms with Crippen LogP contribution in [0.5, 0.6) is 5.75 Å². The van der Waals surface area contributed by atoms with Gasteiger partial charge in [-0.3, -0.25) is 4.79 Å². The number of hydrogen-bond donors (Lipinski definition) is 1. The SMILES string of the molecule is CC[C@]1(C)NC(=O)N(N=CC2=Cc3cc(Cl)cc(Cl)c3OC2)C1=O. The molecule has 0 unspecified atom stereocenters. The van der Waals surface area contributed by atoms with Crippen LogP contribution < -0.4 is 10.1 Å². The lowest BCUT2D eigenvalue weighted by Crippen LogP contribution is -2.42. The lowest BCUT2D eigenvalue weighted by atomic mass is 10.00. The maximum Gasteiger partial charge on any atom is 0.346 e. The van der Waals surface area contributed by atoms with Gasteiger partial charge >= 0.3 is 6.03 Å². The van der Waals surface area contributed by atoms with E-state index >= 15 is 0 Å². The Labute approximate surface area is 149 Å². The Morgan fingerprint density at radius 1 is 1.42 bits per heavy atom. The van der Waals surface area contributed by atoms with Gasteiger partial charge in [-0.1, -0.05) is 30.1 Å². The predicted molar refractivity (Wildman–Crippen MR) is 92.5 cm³/mol. The van der Waals surface area contributed by atoms with Crippen LogP contribution in [0.15, 0.2) is 22.8 Å². The molecule has 6 nitrogen and oxygen atoms in total. The van der Waals surface area contributed by atoms with E-state index in [1.54, 1.807) is 25.1 Å². The molecular formula is C16H15Cl2N3O3. The molecule has 1 aromatic rings. The molecule has 2 heterocycles. The number of nitrogens with zero attached hydrogens (tertiary/aromatic N) is 2. The highest BCUT2D eigenvalue weighted by atomic mass is 35.5. The average molecular weight is 368 g/mol. The van der Waals surface area contributed by atoms with Gasteiger partial charge in [-0.15, -0.1) is 5.01 Å². The van der Waals surface area contributed by atoms with Crippen LogP contribution in [0.4, 0.5) is 4.79 Å². The highest BCUT2D eigenvalue weighted by Crippen LogP contribution is 2.36. The number of urea groups is 1. The molecule has 1 N–H and O–H groups in total. The Kier molecular flexibility index (Phi) is 4.27. The summed E-state index contributed by atoms with van der Waals surface area (Å²) >= 11 is 12.1. The van der Waals surface area contributed by atoms with Gasteiger partial charge in [-0.2, -0.15) is 5.10 Å². The third kappa shape index (κ3) is 2.87. The monoisotopic (exact) mass is 367 g/mol. The van der Waals surface area contributed by atoms with Gasteiger partial charge in [-0.25, -0.2) is 4.79 Å². The number of hydrogen-bond acceptors (Lipinski definition) is 4. The van der Waals surface area contributed by atoms with Crippen molar-refractivity contribution in [1.29, 1.82) is 0 Å². The second-order valence-corrected chi connectivity index (χ2v) is 6.63. The third-order valence-electron chi connectivity index (χ3n) is 4.05. The number of nitrogens with one attached hydrogen (secondary N) is 1. The van der Waals surface area contributed by atoms with E-state index in [1.165, 1.54) is 6.21 Å². The fraction of sp³-hybridized carbons (Fsp3) is 0.312. The first-order valence-corrected chi connectivity index (χ1v) is 8.13. The van der Waals surface area contributed by atoms with E-state index in [9.17, 15) is 9.59 Å². The zero-order valence-electron chi connectivity index (χ0n) is 13.1. The summed E-state index contributed by atoms with van der Waals surface area (Å²) in [5, 5.41) is 8.40. The van der Waals surface area contributed by atoms with Crippen LogP contribution in [-0.4, -0.2) is 35.3 Å². The van der Waals surface area contributed by atoms with Gasteiger partial charge in [0.15, 0.2) is 0 Å². The van der Waals surface area contributed by atoms with E-state index in [0.717, 1.165) is 10.6 Å². The highest BCUT2D eigenvalue weighted by Gasteiger charge is 2.46. The number of carbonyl (C=O) groups excluding carboxylic acids is 2. The Morgan fingerprint density at radius 3 is 2.83 bits per heavy atom. The molecule has 2 aliphatic heterocycles. The largest absolute Gasteiger partial charge is 0.487 e. The van der Waals surface area contributed by atoms with Crippen molar-refractivity contribution in [3.8, 4) is 5.75 Å². The van der Waals surface area contributed by atoms with E-state index in [2.05, 4.69) is 10.4 Å². The first kappa shape index (κ1) is 16.8. The molecule has 126 valence electrons. The van der Waals surface area contributed by atoms with Gasteiger partial charge in [-0.05, 0) is 31.6 Å². The number of fused-ring (bicyclic) bond motifs is 1. The summed E-state index contributed by atoms with van der Waals surface area (Å²) in [7, 11) is 0. The van der Waals surface area contributed by atoms with Gasteiger partial charge < -0.3 is 10.1 Å². The molecule has 0 radical (unpaired) electrons. The first-order chi connectivity index (χ1) is 11.3. The topological polar surface area (TPSA) is 71.0 Å². The summed E-state index contributed by atoms with van der Waals surface area (Å²) in [5.74, 6) is 0.168. The summed E-state index contributed by atoms with van der Waals surface area (Å²) in [5.41, 5.74) is 0.488. The van der Waals surface area contributed by atoms with Crippen molar-refractivity contribution in [2.75, 3.05) is 6.61 Å². The minimum atomic E-state index is -0.917. The van der Waals surface area contributed by atoms with Crippen LogP contribution in [0.1, 0.15) is 25.8 Å². The average Bonchev–Trinajstić information content (AvgIpc) is 2.75. The zero-order chi connectivity index (χ0) is 17.5. The number of hydrazone groups is 1. The second-order valence-electron chi connectivity index (χ2n) is 5.79. The Balaban J connectivity index is 1.84. The van der Waals surface area contributed by atoms with Crippen LogP contribution in [-0.2, 0) is 4.79 Å². The number of benzene rings is 1. The van der Waals surface area contributed by atoms with Gasteiger partial charge in [0.05, 0.1) is 11.2 Å². The summed E-state index contributed by atoms with van der Waals surface area (Å²) < 4.78 is 5.60. The molecule has 3 amide bonds. The van der Waals surface area contributed by atoms with Crippen LogP contribution in [0.2, 0.25) is 10.0 Å². The van der Waals surface area contributed by atoms with E-state index in [-0.39, 0.29) is 12.5 Å².